The van der Waals surface area contributed by atoms with Crippen LogP contribution >= 0.6 is 0 Å². The molecule has 0 saturated heterocycles. The monoisotopic (exact) mass is 313 g/mol. The standard InChI is InChI=1S/C15H23NO4S/c1-2-15(10-17,11-18)16-21(19,20)14-8-7-12-5-3-4-6-13(12)9-14/h7-9,16-18H,2-6,10-11H2,1H3. The minimum atomic E-state index is -3.76. The molecule has 1 aromatic carbocycles. The van der Waals surface area contributed by atoms with Crippen LogP contribution in [-0.2, 0) is 22.9 Å². The Morgan fingerprint density at radius 3 is 2.33 bits per heavy atom. The highest BCUT2D eigenvalue weighted by Crippen LogP contribution is 2.25. The largest absolute Gasteiger partial charge is 0.394 e. The van der Waals surface area contributed by atoms with Gasteiger partial charge in [-0.3, -0.25) is 0 Å². The van der Waals surface area contributed by atoms with Crippen molar-refractivity contribution >= 4 is 10.0 Å². The van der Waals surface area contributed by atoms with Crippen LogP contribution < -0.4 is 4.72 Å². The molecule has 0 bridgehead atoms. The smallest absolute Gasteiger partial charge is 0.241 e. The van der Waals surface area contributed by atoms with Crippen LogP contribution in [0.4, 0.5) is 0 Å². The summed E-state index contributed by atoms with van der Waals surface area (Å²) in [6.07, 6.45) is 4.43. The van der Waals surface area contributed by atoms with Gasteiger partial charge in [0.05, 0.1) is 23.6 Å². The SMILES string of the molecule is CCC(CO)(CO)NS(=O)(=O)c1ccc2c(c1)CCCC2. The van der Waals surface area contributed by atoms with E-state index in [9.17, 15) is 18.6 Å². The van der Waals surface area contributed by atoms with Crippen LogP contribution in [0.15, 0.2) is 23.1 Å². The number of aryl methyl sites for hydroxylation is 2. The average Bonchev–Trinajstić information content (AvgIpc) is 2.52. The maximum Gasteiger partial charge on any atom is 0.241 e. The van der Waals surface area contributed by atoms with Crippen LogP contribution in [0.2, 0.25) is 0 Å². The van der Waals surface area contributed by atoms with Crippen molar-refractivity contribution in [2.24, 2.45) is 0 Å². The van der Waals surface area contributed by atoms with Gasteiger partial charge in [-0.2, -0.15) is 0 Å². The fourth-order valence-electron chi connectivity index (χ4n) is 2.63. The Kier molecular flexibility index (Phi) is 5.03. The second-order valence-electron chi connectivity index (χ2n) is 5.69. The number of aliphatic hydroxyl groups excluding tert-OH is 2. The van der Waals surface area contributed by atoms with E-state index in [1.807, 2.05) is 6.07 Å². The summed E-state index contributed by atoms with van der Waals surface area (Å²) in [5, 5.41) is 18.8. The number of benzene rings is 1. The zero-order valence-corrected chi connectivity index (χ0v) is 13.1. The van der Waals surface area contributed by atoms with Gasteiger partial charge in [0.15, 0.2) is 0 Å². The first-order chi connectivity index (χ1) is 9.96. The molecule has 1 aromatic rings. The summed E-state index contributed by atoms with van der Waals surface area (Å²) in [5.41, 5.74) is 1.08. The summed E-state index contributed by atoms with van der Waals surface area (Å²) in [6.45, 7) is 0.843. The molecule has 0 atom stereocenters. The van der Waals surface area contributed by atoms with E-state index in [4.69, 9.17) is 0 Å². The first-order valence-electron chi connectivity index (χ1n) is 7.34. The lowest BCUT2D eigenvalue weighted by Gasteiger charge is -2.29. The van der Waals surface area contributed by atoms with E-state index in [1.54, 1.807) is 19.1 Å². The lowest BCUT2D eigenvalue weighted by atomic mass is 9.92. The highest BCUT2D eigenvalue weighted by Gasteiger charge is 2.32. The molecule has 0 aromatic heterocycles. The molecule has 0 radical (unpaired) electrons. The van der Waals surface area contributed by atoms with Gasteiger partial charge >= 0.3 is 0 Å². The molecule has 0 spiro atoms. The summed E-state index contributed by atoms with van der Waals surface area (Å²) in [4.78, 5) is 0.197. The number of sulfonamides is 1. The lowest BCUT2D eigenvalue weighted by Crippen LogP contribution is -2.53. The van der Waals surface area contributed by atoms with E-state index in [0.717, 1.165) is 31.2 Å². The van der Waals surface area contributed by atoms with Crippen molar-refractivity contribution in [2.75, 3.05) is 13.2 Å². The molecule has 0 fully saturated rings. The van der Waals surface area contributed by atoms with Gasteiger partial charge in [-0.05, 0) is 55.4 Å². The third-order valence-corrected chi connectivity index (χ3v) is 5.84. The van der Waals surface area contributed by atoms with Gasteiger partial charge in [0, 0.05) is 0 Å². The van der Waals surface area contributed by atoms with Gasteiger partial charge in [0.2, 0.25) is 10.0 Å². The molecule has 21 heavy (non-hydrogen) atoms. The Morgan fingerprint density at radius 2 is 1.76 bits per heavy atom. The van der Waals surface area contributed by atoms with Gasteiger partial charge in [-0.1, -0.05) is 13.0 Å². The fourth-order valence-corrected chi connectivity index (χ4v) is 4.14. The number of aliphatic hydroxyl groups is 2. The molecule has 5 nitrogen and oxygen atoms in total. The minimum Gasteiger partial charge on any atom is -0.394 e. The highest BCUT2D eigenvalue weighted by atomic mass is 32.2. The maximum absolute atomic E-state index is 12.5. The van der Waals surface area contributed by atoms with Crippen molar-refractivity contribution < 1.29 is 18.6 Å². The molecule has 0 amide bonds. The normalized spacial score (nSPS) is 15.8. The summed E-state index contributed by atoms with van der Waals surface area (Å²) in [5.74, 6) is 0. The van der Waals surface area contributed by atoms with Gasteiger partial charge in [0.25, 0.3) is 0 Å². The summed E-state index contributed by atoms with van der Waals surface area (Å²) in [7, 11) is -3.76. The van der Waals surface area contributed by atoms with E-state index in [2.05, 4.69) is 4.72 Å². The second kappa shape index (κ2) is 6.44. The van der Waals surface area contributed by atoms with Gasteiger partial charge in [-0.15, -0.1) is 0 Å². The molecule has 2 rings (SSSR count). The molecule has 0 saturated carbocycles. The molecular weight excluding hydrogens is 290 g/mol. The third-order valence-electron chi connectivity index (χ3n) is 4.26. The fraction of sp³-hybridized carbons (Fsp3) is 0.600. The lowest BCUT2D eigenvalue weighted by molar-refractivity contribution is 0.105. The van der Waals surface area contributed by atoms with Crippen LogP contribution in [0.1, 0.15) is 37.3 Å². The number of hydrogen-bond donors (Lipinski definition) is 3. The van der Waals surface area contributed by atoms with Crippen LogP contribution in [0, 0.1) is 0 Å². The highest BCUT2D eigenvalue weighted by molar-refractivity contribution is 7.89. The Balaban J connectivity index is 2.31. The topological polar surface area (TPSA) is 86.6 Å². The van der Waals surface area contributed by atoms with E-state index in [0.29, 0.717) is 6.42 Å². The van der Waals surface area contributed by atoms with Crippen LogP contribution in [0.25, 0.3) is 0 Å². The van der Waals surface area contributed by atoms with Crippen LogP contribution in [0.5, 0.6) is 0 Å². The zero-order valence-electron chi connectivity index (χ0n) is 12.3. The molecule has 0 unspecified atom stereocenters. The first-order valence-corrected chi connectivity index (χ1v) is 8.82. The Hall–Kier alpha value is -0.950. The molecule has 0 aliphatic heterocycles. The number of hydrogen-bond acceptors (Lipinski definition) is 4. The van der Waals surface area contributed by atoms with E-state index < -0.39 is 28.8 Å². The van der Waals surface area contributed by atoms with Gasteiger partial charge in [0.1, 0.15) is 0 Å². The summed E-state index contributed by atoms with van der Waals surface area (Å²) in [6, 6.07) is 5.18. The van der Waals surface area contributed by atoms with Gasteiger partial charge < -0.3 is 10.2 Å². The Labute approximate surface area is 126 Å². The molecular formula is C15H23NO4S. The van der Waals surface area contributed by atoms with Crippen molar-refractivity contribution in [3.63, 3.8) is 0 Å². The third kappa shape index (κ3) is 3.45. The van der Waals surface area contributed by atoms with Gasteiger partial charge in [-0.25, -0.2) is 13.1 Å². The molecule has 1 aliphatic carbocycles. The number of rotatable bonds is 6. The van der Waals surface area contributed by atoms with E-state index >= 15 is 0 Å². The molecule has 1 aliphatic rings. The van der Waals surface area contributed by atoms with E-state index in [-0.39, 0.29) is 4.90 Å². The van der Waals surface area contributed by atoms with E-state index in [1.165, 1.54) is 5.56 Å². The van der Waals surface area contributed by atoms with Crippen LogP contribution in [0.3, 0.4) is 0 Å². The minimum absolute atomic E-state index is 0.197. The molecule has 118 valence electrons. The predicted octanol–water partition coefficient (Wildman–Crippen LogP) is 0.977. The molecule has 0 heterocycles. The maximum atomic E-state index is 12.5. The zero-order chi connectivity index (χ0) is 15.5. The quantitative estimate of drug-likeness (QED) is 0.730. The second-order valence-corrected chi connectivity index (χ2v) is 7.38. The van der Waals surface area contributed by atoms with Crippen molar-refractivity contribution in [3.8, 4) is 0 Å². The Morgan fingerprint density at radius 1 is 1.14 bits per heavy atom. The number of fused-ring (bicyclic) bond motifs is 1. The van der Waals surface area contributed by atoms with Crippen molar-refractivity contribution in [2.45, 2.75) is 49.5 Å². The first kappa shape index (κ1) is 16.4. The van der Waals surface area contributed by atoms with Crippen LogP contribution in [-0.4, -0.2) is 37.4 Å². The number of nitrogens with one attached hydrogen (secondary N) is 1. The van der Waals surface area contributed by atoms with Crippen molar-refractivity contribution in [1.29, 1.82) is 0 Å². The van der Waals surface area contributed by atoms with Crippen molar-refractivity contribution in [1.82, 2.24) is 4.72 Å². The molecule has 6 heteroatoms. The Bertz CT molecular complexity index is 585. The van der Waals surface area contributed by atoms with Crippen molar-refractivity contribution in [3.05, 3.63) is 29.3 Å². The molecule has 3 N–H and O–H groups in total. The predicted molar refractivity (Wildman–Crippen MR) is 80.6 cm³/mol. The summed E-state index contributed by atoms with van der Waals surface area (Å²) < 4.78 is 27.4. The average molecular weight is 313 g/mol. The summed E-state index contributed by atoms with van der Waals surface area (Å²) >= 11 is 0.